The number of nitrogens with one attached hydrogen (secondary N) is 1. The molecule has 1 aromatic carbocycles. The molecular formula is C16H24BrNO. The Morgan fingerprint density at radius 2 is 2.16 bits per heavy atom. The van der Waals surface area contributed by atoms with Crippen molar-refractivity contribution in [2.75, 3.05) is 26.8 Å². The average molecular weight is 326 g/mol. The molecule has 1 saturated heterocycles. The Morgan fingerprint density at radius 3 is 2.84 bits per heavy atom. The molecule has 0 aromatic heterocycles. The van der Waals surface area contributed by atoms with E-state index in [2.05, 4.69) is 52.6 Å². The van der Waals surface area contributed by atoms with Crippen LogP contribution in [0.15, 0.2) is 28.7 Å². The van der Waals surface area contributed by atoms with Crippen LogP contribution in [0.3, 0.4) is 0 Å². The molecule has 0 bridgehead atoms. The normalized spacial score (nSPS) is 18.4. The predicted molar refractivity (Wildman–Crippen MR) is 83.4 cm³/mol. The Balaban J connectivity index is 1.91. The first kappa shape index (κ1) is 15.0. The highest BCUT2D eigenvalue weighted by Crippen LogP contribution is 2.25. The topological polar surface area (TPSA) is 21.3 Å². The Morgan fingerprint density at radius 1 is 1.37 bits per heavy atom. The molecule has 1 aliphatic rings. The molecule has 2 nitrogen and oxygen atoms in total. The molecule has 3 heteroatoms. The first-order chi connectivity index (χ1) is 9.28. The monoisotopic (exact) mass is 325 g/mol. The van der Waals surface area contributed by atoms with E-state index in [1.807, 2.05) is 0 Å². The maximum atomic E-state index is 5.45. The van der Waals surface area contributed by atoms with E-state index >= 15 is 0 Å². The molecule has 0 aliphatic carbocycles. The van der Waals surface area contributed by atoms with Gasteiger partial charge in [-0.3, -0.25) is 0 Å². The summed E-state index contributed by atoms with van der Waals surface area (Å²) in [5, 5.41) is 3.35. The minimum Gasteiger partial charge on any atom is -0.381 e. The molecule has 2 rings (SSSR count). The van der Waals surface area contributed by atoms with Crippen LogP contribution in [0.5, 0.6) is 0 Å². The Bertz CT molecular complexity index is 377. The highest BCUT2D eigenvalue weighted by molar-refractivity contribution is 9.10. The molecule has 19 heavy (non-hydrogen) atoms. The summed E-state index contributed by atoms with van der Waals surface area (Å²) in [6, 6.07) is 8.70. The van der Waals surface area contributed by atoms with Crippen molar-refractivity contribution in [2.45, 2.75) is 25.7 Å². The minimum atomic E-state index is 0.724. The zero-order valence-electron chi connectivity index (χ0n) is 11.7. The third-order valence-corrected chi connectivity index (χ3v) is 4.41. The molecule has 106 valence electrons. The number of rotatable bonds is 6. The van der Waals surface area contributed by atoms with Crippen LogP contribution >= 0.6 is 15.9 Å². The van der Waals surface area contributed by atoms with E-state index in [4.69, 9.17) is 4.74 Å². The second kappa shape index (κ2) is 8.03. The molecule has 1 aromatic rings. The quantitative estimate of drug-likeness (QED) is 0.862. The van der Waals surface area contributed by atoms with Crippen LogP contribution in [-0.2, 0) is 11.2 Å². The lowest BCUT2D eigenvalue weighted by atomic mass is 9.85. The van der Waals surface area contributed by atoms with Crippen LogP contribution in [0, 0.1) is 11.8 Å². The maximum absolute atomic E-state index is 5.45. The minimum absolute atomic E-state index is 0.724. The van der Waals surface area contributed by atoms with Crippen LogP contribution in [0.2, 0.25) is 0 Å². The van der Waals surface area contributed by atoms with Crippen molar-refractivity contribution in [1.29, 1.82) is 0 Å². The first-order valence-corrected chi connectivity index (χ1v) is 8.04. The van der Waals surface area contributed by atoms with E-state index in [0.29, 0.717) is 0 Å². The van der Waals surface area contributed by atoms with Crippen molar-refractivity contribution in [3.05, 3.63) is 34.3 Å². The number of halogens is 1. The van der Waals surface area contributed by atoms with Crippen LogP contribution in [0.4, 0.5) is 0 Å². The van der Waals surface area contributed by atoms with Crippen molar-refractivity contribution >= 4 is 15.9 Å². The lowest BCUT2D eigenvalue weighted by Gasteiger charge is -2.26. The summed E-state index contributed by atoms with van der Waals surface area (Å²) < 4.78 is 6.63. The van der Waals surface area contributed by atoms with Gasteiger partial charge in [-0.05, 0) is 68.8 Å². The van der Waals surface area contributed by atoms with Gasteiger partial charge in [0.15, 0.2) is 0 Å². The molecule has 1 N–H and O–H groups in total. The molecule has 1 fully saturated rings. The fourth-order valence-corrected chi connectivity index (χ4v) is 3.42. The summed E-state index contributed by atoms with van der Waals surface area (Å²) in [7, 11) is 2.05. The molecule has 1 aliphatic heterocycles. The van der Waals surface area contributed by atoms with Crippen molar-refractivity contribution in [3.8, 4) is 0 Å². The molecule has 1 atom stereocenters. The summed E-state index contributed by atoms with van der Waals surface area (Å²) in [5.74, 6) is 1.57. The summed E-state index contributed by atoms with van der Waals surface area (Å²) >= 11 is 3.56. The number of ether oxygens (including phenoxy) is 1. The van der Waals surface area contributed by atoms with Crippen molar-refractivity contribution < 1.29 is 4.74 Å². The van der Waals surface area contributed by atoms with Gasteiger partial charge in [0, 0.05) is 17.7 Å². The highest BCUT2D eigenvalue weighted by atomic mass is 79.9. The van der Waals surface area contributed by atoms with E-state index in [9.17, 15) is 0 Å². The van der Waals surface area contributed by atoms with Gasteiger partial charge in [0.05, 0.1) is 0 Å². The van der Waals surface area contributed by atoms with Gasteiger partial charge < -0.3 is 10.1 Å². The second-order valence-corrected chi connectivity index (χ2v) is 6.46. The zero-order valence-corrected chi connectivity index (χ0v) is 13.3. The Labute approximate surface area is 125 Å². The smallest absolute Gasteiger partial charge is 0.0468 e. The van der Waals surface area contributed by atoms with Gasteiger partial charge in [0.25, 0.3) is 0 Å². The zero-order chi connectivity index (χ0) is 13.5. The van der Waals surface area contributed by atoms with Gasteiger partial charge in [0.2, 0.25) is 0 Å². The van der Waals surface area contributed by atoms with E-state index in [-0.39, 0.29) is 0 Å². The van der Waals surface area contributed by atoms with Crippen LogP contribution in [0.25, 0.3) is 0 Å². The molecular weight excluding hydrogens is 302 g/mol. The number of hydrogen-bond acceptors (Lipinski definition) is 2. The Hall–Kier alpha value is -0.380. The van der Waals surface area contributed by atoms with Gasteiger partial charge in [0.1, 0.15) is 0 Å². The van der Waals surface area contributed by atoms with Crippen LogP contribution < -0.4 is 5.32 Å². The highest BCUT2D eigenvalue weighted by Gasteiger charge is 2.19. The fraction of sp³-hybridized carbons (Fsp3) is 0.625. The lowest BCUT2D eigenvalue weighted by molar-refractivity contribution is 0.0586. The van der Waals surface area contributed by atoms with E-state index in [1.54, 1.807) is 0 Å². The third-order valence-electron chi connectivity index (χ3n) is 3.91. The summed E-state index contributed by atoms with van der Waals surface area (Å²) in [4.78, 5) is 0. The first-order valence-electron chi connectivity index (χ1n) is 7.24. The van der Waals surface area contributed by atoms with E-state index in [0.717, 1.165) is 38.0 Å². The Kier molecular flexibility index (Phi) is 6.35. The molecule has 1 unspecified atom stereocenters. The van der Waals surface area contributed by atoms with E-state index in [1.165, 1.54) is 29.3 Å². The molecule has 0 amide bonds. The third kappa shape index (κ3) is 5.25. The second-order valence-electron chi connectivity index (χ2n) is 5.55. The molecule has 1 heterocycles. The largest absolute Gasteiger partial charge is 0.381 e. The summed E-state index contributed by atoms with van der Waals surface area (Å²) in [6.45, 7) is 3.01. The van der Waals surface area contributed by atoms with Crippen LogP contribution in [-0.4, -0.2) is 26.8 Å². The van der Waals surface area contributed by atoms with Gasteiger partial charge in [-0.15, -0.1) is 0 Å². The fourth-order valence-electron chi connectivity index (χ4n) is 2.98. The standard InChI is InChI=1S/C16H24BrNO/c1-18-12-15(9-13-5-7-19-8-6-13)10-14-3-2-4-16(17)11-14/h2-4,11,13,15,18H,5-10,12H2,1H3. The van der Waals surface area contributed by atoms with Gasteiger partial charge in [-0.1, -0.05) is 28.1 Å². The van der Waals surface area contributed by atoms with Gasteiger partial charge in [-0.25, -0.2) is 0 Å². The van der Waals surface area contributed by atoms with Crippen LogP contribution in [0.1, 0.15) is 24.8 Å². The average Bonchev–Trinajstić information content (AvgIpc) is 2.40. The van der Waals surface area contributed by atoms with Crippen molar-refractivity contribution in [2.24, 2.45) is 11.8 Å². The lowest BCUT2D eigenvalue weighted by Crippen LogP contribution is -2.26. The SMILES string of the molecule is CNCC(Cc1cccc(Br)c1)CC1CCOCC1. The van der Waals surface area contributed by atoms with E-state index < -0.39 is 0 Å². The maximum Gasteiger partial charge on any atom is 0.0468 e. The number of benzene rings is 1. The van der Waals surface area contributed by atoms with Gasteiger partial charge >= 0.3 is 0 Å². The molecule has 0 saturated carbocycles. The molecule has 0 spiro atoms. The van der Waals surface area contributed by atoms with Gasteiger partial charge in [-0.2, -0.15) is 0 Å². The van der Waals surface area contributed by atoms with Crippen molar-refractivity contribution in [3.63, 3.8) is 0 Å². The summed E-state index contributed by atoms with van der Waals surface area (Å²) in [5.41, 5.74) is 1.43. The predicted octanol–water partition coefficient (Wildman–Crippen LogP) is 3.64. The molecule has 0 radical (unpaired) electrons. The van der Waals surface area contributed by atoms with Crippen molar-refractivity contribution in [1.82, 2.24) is 5.32 Å². The number of hydrogen-bond donors (Lipinski definition) is 1. The summed E-state index contributed by atoms with van der Waals surface area (Å²) in [6.07, 6.45) is 4.95.